The Hall–Kier alpha value is -2.30. The summed E-state index contributed by atoms with van der Waals surface area (Å²) in [6, 6.07) is 3.45. The van der Waals surface area contributed by atoms with Crippen molar-refractivity contribution >= 4 is 5.78 Å². The second-order valence-corrected chi connectivity index (χ2v) is 4.72. The molecule has 5 heteroatoms. The van der Waals surface area contributed by atoms with E-state index in [1.807, 2.05) is 13.8 Å². The third kappa shape index (κ3) is 2.52. The van der Waals surface area contributed by atoms with Crippen LogP contribution in [-0.2, 0) is 0 Å². The smallest absolute Gasteiger partial charge is 0.228 e. The first-order valence-corrected chi connectivity index (χ1v) is 6.38. The summed E-state index contributed by atoms with van der Waals surface area (Å²) in [5.74, 6) is 1.63. The van der Waals surface area contributed by atoms with Gasteiger partial charge in [0, 0.05) is 23.5 Å². The maximum Gasteiger partial charge on any atom is 0.228 e. The van der Waals surface area contributed by atoms with E-state index in [9.17, 15) is 4.79 Å². The van der Waals surface area contributed by atoms with Gasteiger partial charge in [-0.1, -0.05) is 13.8 Å². The summed E-state index contributed by atoms with van der Waals surface area (Å²) in [4.78, 5) is 19.1. The first-order valence-electron chi connectivity index (χ1n) is 6.38. The van der Waals surface area contributed by atoms with Crippen molar-refractivity contribution < 1.29 is 14.3 Å². The number of aromatic amines is 1. The van der Waals surface area contributed by atoms with E-state index in [2.05, 4.69) is 9.97 Å². The highest BCUT2D eigenvalue weighted by Crippen LogP contribution is 2.36. The van der Waals surface area contributed by atoms with Crippen LogP contribution in [0.4, 0.5) is 0 Å². The molecule has 0 atom stereocenters. The van der Waals surface area contributed by atoms with E-state index in [1.54, 1.807) is 38.7 Å². The number of aromatic nitrogens is 2. The molecule has 0 bridgehead atoms. The number of rotatable bonds is 5. The number of carbonyl (C=O) groups excluding carboxylic acids is 1. The van der Waals surface area contributed by atoms with E-state index in [1.165, 1.54) is 0 Å². The minimum absolute atomic E-state index is 0.193. The molecule has 1 N–H and O–H groups in total. The van der Waals surface area contributed by atoms with Gasteiger partial charge in [0.2, 0.25) is 5.78 Å². The Bertz CT molecular complexity index is 579. The Labute approximate surface area is 117 Å². The number of ether oxygens (including phenoxy) is 2. The van der Waals surface area contributed by atoms with E-state index in [4.69, 9.17) is 9.47 Å². The number of H-pyrrole nitrogens is 1. The van der Waals surface area contributed by atoms with Crippen molar-refractivity contribution in [3.8, 4) is 11.5 Å². The molecule has 106 valence electrons. The van der Waals surface area contributed by atoms with Gasteiger partial charge in [-0.05, 0) is 18.1 Å². The van der Waals surface area contributed by atoms with Crippen LogP contribution in [0.15, 0.2) is 24.5 Å². The first kappa shape index (κ1) is 14.1. The van der Waals surface area contributed by atoms with Crippen LogP contribution in [-0.4, -0.2) is 30.0 Å². The summed E-state index contributed by atoms with van der Waals surface area (Å²) in [6.45, 7) is 4.10. The molecule has 1 heterocycles. The Morgan fingerprint density at radius 3 is 2.20 bits per heavy atom. The van der Waals surface area contributed by atoms with Gasteiger partial charge in [0.15, 0.2) is 5.82 Å². The summed E-state index contributed by atoms with van der Waals surface area (Å²) >= 11 is 0. The molecule has 5 nitrogen and oxygen atoms in total. The molecule has 0 amide bonds. The molecule has 0 unspecified atom stereocenters. The Morgan fingerprint density at radius 2 is 1.80 bits per heavy atom. The molecule has 0 aliphatic rings. The Kier molecular flexibility index (Phi) is 4.08. The van der Waals surface area contributed by atoms with E-state index in [0.717, 1.165) is 5.56 Å². The van der Waals surface area contributed by atoms with Gasteiger partial charge in [-0.3, -0.25) is 4.79 Å². The largest absolute Gasteiger partial charge is 0.496 e. The fraction of sp³-hybridized carbons (Fsp3) is 0.333. The van der Waals surface area contributed by atoms with E-state index in [0.29, 0.717) is 22.9 Å². The maximum absolute atomic E-state index is 12.3. The molecule has 20 heavy (non-hydrogen) atoms. The number of nitrogens with one attached hydrogen (secondary N) is 1. The number of nitrogens with zero attached hydrogens (tertiary/aromatic N) is 1. The summed E-state index contributed by atoms with van der Waals surface area (Å²) in [5.41, 5.74) is 1.43. The van der Waals surface area contributed by atoms with Crippen molar-refractivity contribution in [3.63, 3.8) is 0 Å². The zero-order valence-electron chi connectivity index (χ0n) is 12.1. The molecule has 2 rings (SSSR count). The van der Waals surface area contributed by atoms with Crippen LogP contribution in [0.3, 0.4) is 0 Å². The van der Waals surface area contributed by atoms with Crippen molar-refractivity contribution in [1.29, 1.82) is 0 Å². The minimum atomic E-state index is -0.193. The second kappa shape index (κ2) is 5.77. The number of hydrogen-bond donors (Lipinski definition) is 1. The molecule has 1 aromatic carbocycles. The zero-order chi connectivity index (χ0) is 14.7. The van der Waals surface area contributed by atoms with Crippen LogP contribution in [0.25, 0.3) is 0 Å². The second-order valence-electron chi connectivity index (χ2n) is 4.72. The van der Waals surface area contributed by atoms with Crippen molar-refractivity contribution in [2.45, 2.75) is 19.8 Å². The molecular weight excluding hydrogens is 256 g/mol. The van der Waals surface area contributed by atoms with Gasteiger partial charge in [0.05, 0.1) is 14.2 Å². The van der Waals surface area contributed by atoms with E-state index >= 15 is 0 Å². The summed E-state index contributed by atoms with van der Waals surface area (Å²) in [7, 11) is 3.17. The third-order valence-corrected chi connectivity index (χ3v) is 3.10. The fourth-order valence-corrected chi connectivity index (χ4v) is 2.17. The molecule has 0 spiro atoms. The molecular formula is C15H18N2O3. The zero-order valence-corrected chi connectivity index (χ0v) is 12.1. The lowest BCUT2D eigenvalue weighted by molar-refractivity contribution is 0.102. The van der Waals surface area contributed by atoms with E-state index < -0.39 is 0 Å². The molecule has 0 saturated heterocycles. The Balaban J connectivity index is 2.53. The number of hydrogen-bond acceptors (Lipinski definition) is 4. The fourth-order valence-electron chi connectivity index (χ4n) is 2.17. The molecule has 0 fully saturated rings. The quantitative estimate of drug-likeness (QED) is 0.851. The number of ketones is 1. The van der Waals surface area contributed by atoms with Crippen molar-refractivity contribution in [2.24, 2.45) is 0 Å². The lowest BCUT2D eigenvalue weighted by atomic mass is 9.97. The van der Waals surface area contributed by atoms with E-state index in [-0.39, 0.29) is 11.7 Å². The average Bonchev–Trinajstić information content (AvgIpc) is 2.98. The van der Waals surface area contributed by atoms with Crippen molar-refractivity contribution in [3.05, 3.63) is 41.5 Å². The maximum atomic E-state index is 12.3. The SMILES string of the molecule is COc1cc(C(=O)c2ncc[nH]2)cc(OC)c1C(C)C. The molecule has 0 saturated carbocycles. The highest BCUT2D eigenvalue weighted by Gasteiger charge is 2.20. The van der Waals surface area contributed by atoms with Gasteiger partial charge in [-0.25, -0.2) is 4.98 Å². The lowest BCUT2D eigenvalue weighted by Crippen LogP contribution is -2.07. The first-order chi connectivity index (χ1) is 9.58. The number of methoxy groups -OCH3 is 2. The highest BCUT2D eigenvalue weighted by molar-refractivity contribution is 6.07. The normalized spacial score (nSPS) is 10.7. The minimum Gasteiger partial charge on any atom is -0.496 e. The Morgan fingerprint density at radius 1 is 1.20 bits per heavy atom. The summed E-state index contributed by atoms with van der Waals surface area (Å²) in [5, 5.41) is 0. The third-order valence-electron chi connectivity index (χ3n) is 3.10. The van der Waals surface area contributed by atoms with Crippen LogP contribution in [0.2, 0.25) is 0 Å². The van der Waals surface area contributed by atoms with Crippen LogP contribution in [0, 0.1) is 0 Å². The van der Waals surface area contributed by atoms with Crippen LogP contribution >= 0.6 is 0 Å². The summed E-state index contributed by atoms with van der Waals surface area (Å²) in [6.07, 6.45) is 3.16. The van der Waals surface area contributed by atoms with Gasteiger partial charge in [-0.15, -0.1) is 0 Å². The molecule has 2 aromatic rings. The molecule has 0 aliphatic heterocycles. The lowest BCUT2D eigenvalue weighted by Gasteiger charge is -2.17. The molecule has 0 aliphatic carbocycles. The predicted molar refractivity (Wildman–Crippen MR) is 75.7 cm³/mol. The molecule has 1 aromatic heterocycles. The number of carbonyl (C=O) groups is 1. The molecule has 0 radical (unpaired) electrons. The van der Waals surface area contributed by atoms with Crippen LogP contribution < -0.4 is 9.47 Å². The summed E-state index contributed by atoms with van der Waals surface area (Å²) < 4.78 is 10.8. The number of benzene rings is 1. The van der Waals surface area contributed by atoms with Gasteiger partial charge >= 0.3 is 0 Å². The van der Waals surface area contributed by atoms with Gasteiger partial charge < -0.3 is 14.5 Å². The van der Waals surface area contributed by atoms with Gasteiger partial charge in [0.25, 0.3) is 0 Å². The van der Waals surface area contributed by atoms with Crippen molar-refractivity contribution in [1.82, 2.24) is 9.97 Å². The highest BCUT2D eigenvalue weighted by atomic mass is 16.5. The predicted octanol–water partition coefficient (Wildman–Crippen LogP) is 2.78. The standard InChI is InChI=1S/C15H18N2O3/c1-9(2)13-11(19-3)7-10(8-12(13)20-4)14(18)15-16-5-6-17-15/h5-9H,1-4H3,(H,16,17). The van der Waals surface area contributed by atoms with Crippen molar-refractivity contribution in [2.75, 3.05) is 14.2 Å². The van der Waals surface area contributed by atoms with Gasteiger partial charge in [-0.2, -0.15) is 0 Å². The van der Waals surface area contributed by atoms with Crippen LogP contribution in [0.1, 0.15) is 41.5 Å². The monoisotopic (exact) mass is 274 g/mol. The number of imidazole rings is 1. The topological polar surface area (TPSA) is 64.2 Å². The van der Waals surface area contributed by atoms with Crippen LogP contribution in [0.5, 0.6) is 11.5 Å². The average molecular weight is 274 g/mol. The van der Waals surface area contributed by atoms with Gasteiger partial charge in [0.1, 0.15) is 11.5 Å².